The fourth-order valence-electron chi connectivity index (χ4n) is 2.64. The van der Waals surface area contributed by atoms with Gasteiger partial charge in [-0.25, -0.2) is 14.8 Å². The summed E-state index contributed by atoms with van der Waals surface area (Å²) in [5.41, 5.74) is 0.559. The third-order valence-electron chi connectivity index (χ3n) is 3.82. The van der Waals surface area contributed by atoms with Crippen molar-refractivity contribution in [1.29, 1.82) is 0 Å². The number of nitrogens with one attached hydrogen (secondary N) is 1. The first kappa shape index (κ1) is 13.9. The highest BCUT2D eigenvalue weighted by Gasteiger charge is 2.32. The average Bonchev–Trinajstić information content (AvgIpc) is 2.88. The molecular formula is C13H19N3O3. The van der Waals surface area contributed by atoms with Crippen molar-refractivity contribution in [3.05, 3.63) is 23.8 Å². The number of aromatic carboxylic acids is 1. The lowest BCUT2D eigenvalue weighted by Crippen LogP contribution is -2.35. The summed E-state index contributed by atoms with van der Waals surface area (Å²) in [5, 5.41) is 21.7. The summed E-state index contributed by atoms with van der Waals surface area (Å²) < 4.78 is 0. The molecule has 6 nitrogen and oxygen atoms in total. The number of carboxylic acids is 1. The van der Waals surface area contributed by atoms with Gasteiger partial charge < -0.3 is 15.5 Å². The van der Waals surface area contributed by atoms with Crippen LogP contribution in [-0.2, 0) is 6.54 Å². The van der Waals surface area contributed by atoms with E-state index in [9.17, 15) is 9.90 Å². The van der Waals surface area contributed by atoms with Crippen LogP contribution in [0.4, 0.5) is 0 Å². The van der Waals surface area contributed by atoms with Crippen LogP contribution < -0.4 is 5.32 Å². The normalized spacial score (nSPS) is 17.5. The van der Waals surface area contributed by atoms with Gasteiger partial charge in [-0.15, -0.1) is 0 Å². The van der Waals surface area contributed by atoms with Gasteiger partial charge in [0.25, 0.3) is 0 Å². The van der Waals surface area contributed by atoms with Crippen molar-refractivity contribution in [1.82, 2.24) is 15.3 Å². The van der Waals surface area contributed by atoms with E-state index < -0.39 is 5.97 Å². The van der Waals surface area contributed by atoms with Gasteiger partial charge in [0.15, 0.2) is 0 Å². The van der Waals surface area contributed by atoms with E-state index in [1.54, 1.807) is 0 Å². The maximum Gasteiger partial charge on any atom is 0.339 e. The second-order valence-corrected chi connectivity index (χ2v) is 5.16. The van der Waals surface area contributed by atoms with Crippen LogP contribution in [0, 0.1) is 5.41 Å². The molecule has 1 aromatic heterocycles. The van der Waals surface area contributed by atoms with Crippen LogP contribution >= 0.6 is 0 Å². The summed E-state index contributed by atoms with van der Waals surface area (Å²) in [7, 11) is 0. The Balaban J connectivity index is 1.94. The summed E-state index contributed by atoms with van der Waals surface area (Å²) in [4.78, 5) is 18.7. The summed E-state index contributed by atoms with van der Waals surface area (Å²) >= 11 is 0. The highest BCUT2D eigenvalue weighted by atomic mass is 16.4. The summed E-state index contributed by atoms with van der Waals surface area (Å²) in [6.07, 6.45) is 6.99. The molecule has 0 atom stereocenters. The molecule has 1 aromatic rings. The highest BCUT2D eigenvalue weighted by Crippen LogP contribution is 2.36. The van der Waals surface area contributed by atoms with Crippen molar-refractivity contribution in [2.24, 2.45) is 5.41 Å². The Kier molecular flexibility index (Phi) is 4.44. The smallest absolute Gasteiger partial charge is 0.339 e. The number of aliphatic hydroxyl groups is 1. The molecule has 19 heavy (non-hydrogen) atoms. The predicted molar refractivity (Wildman–Crippen MR) is 68.7 cm³/mol. The minimum Gasteiger partial charge on any atom is -0.478 e. The van der Waals surface area contributed by atoms with Crippen molar-refractivity contribution in [3.63, 3.8) is 0 Å². The number of aromatic nitrogens is 2. The van der Waals surface area contributed by atoms with E-state index in [1.807, 2.05) is 0 Å². The van der Waals surface area contributed by atoms with Crippen molar-refractivity contribution >= 4 is 5.97 Å². The van der Waals surface area contributed by atoms with Crippen LogP contribution in [0.3, 0.4) is 0 Å². The van der Waals surface area contributed by atoms with Crippen LogP contribution in [0.1, 0.15) is 41.7 Å². The third kappa shape index (κ3) is 3.27. The molecule has 0 bridgehead atoms. The van der Waals surface area contributed by atoms with Gasteiger partial charge in [-0.3, -0.25) is 0 Å². The fraction of sp³-hybridized carbons (Fsp3) is 0.615. The molecule has 0 aliphatic heterocycles. The molecule has 0 radical (unpaired) electrons. The summed E-state index contributed by atoms with van der Waals surface area (Å²) in [6, 6.07) is 0. The molecule has 0 spiro atoms. The number of rotatable bonds is 6. The Morgan fingerprint density at radius 1 is 1.42 bits per heavy atom. The number of aliphatic hydroxyl groups excluding tert-OH is 1. The van der Waals surface area contributed by atoms with Gasteiger partial charge in [-0.1, -0.05) is 12.8 Å². The first-order chi connectivity index (χ1) is 9.17. The summed E-state index contributed by atoms with van der Waals surface area (Å²) in [6.45, 7) is 1.24. The Bertz CT molecular complexity index is 445. The number of nitrogens with zero attached hydrogens (tertiary/aromatic N) is 2. The maximum absolute atomic E-state index is 11.0. The van der Waals surface area contributed by atoms with E-state index in [2.05, 4.69) is 15.3 Å². The van der Waals surface area contributed by atoms with Gasteiger partial charge in [-0.2, -0.15) is 0 Å². The second-order valence-electron chi connectivity index (χ2n) is 5.16. The predicted octanol–water partition coefficient (Wildman–Crippen LogP) is 0.817. The molecule has 1 saturated carbocycles. The van der Waals surface area contributed by atoms with Gasteiger partial charge in [0.1, 0.15) is 11.9 Å². The Labute approximate surface area is 111 Å². The number of carbonyl (C=O) groups is 1. The lowest BCUT2D eigenvalue weighted by molar-refractivity contribution is 0.0694. The zero-order chi connectivity index (χ0) is 13.7. The Morgan fingerprint density at radius 2 is 2.16 bits per heavy atom. The number of carboxylic acid groups (broad SMARTS) is 1. The molecule has 0 unspecified atom stereocenters. The largest absolute Gasteiger partial charge is 0.478 e. The van der Waals surface area contributed by atoms with Crippen LogP contribution in [-0.4, -0.2) is 39.3 Å². The Morgan fingerprint density at radius 3 is 2.79 bits per heavy atom. The second kappa shape index (κ2) is 6.08. The van der Waals surface area contributed by atoms with Gasteiger partial charge in [0.2, 0.25) is 0 Å². The molecule has 0 saturated heterocycles. The van der Waals surface area contributed by atoms with Crippen LogP contribution in [0.5, 0.6) is 0 Å². The lowest BCUT2D eigenvalue weighted by atomic mass is 9.87. The lowest BCUT2D eigenvalue weighted by Gasteiger charge is -2.26. The minimum absolute atomic E-state index is 0.0452. The zero-order valence-electron chi connectivity index (χ0n) is 10.8. The monoisotopic (exact) mass is 265 g/mol. The van der Waals surface area contributed by atoms with E-state index in [-0.39, 0.29) is 17.6 Å². The van der Waals surface area contributed by atoms with Crippen molar-refractivity contribution in [3.8, 4) is 0 Å². The number of hydrogen-bond donors (Lipinski definition) is 3. The summed E-state index contributed by atoms with van der Waals surface area (Å²) in [5.74, 6) is -1.02. The molecule has 6 heteroatoms. The molecule has 0 aromatic carbocycles. The van der Waals surface area contributed by atoms with Crippen molar-refractivity contribution in [2.75, 3.05) is 13.2 Å². The van der Waals surface area contributed by atoms with Gasteiger partial charge in [0.05, 0.1) is 5.69 Å². The van der Waals surface area contributed by atoms with E-state index in [0.717, 1.165) is 25.7 Å². The molecule has 1 aliphatic rings. The van der Waals surface area contributed by atoms with Crippen molar-refractivity contribution < 1.29 is 15.0 Å². The average molecular weight is 265 g/mol. The Hall–Kier alpha value is -1.53. The van der Waals surface area contributed by atoms with Crippen LogP contribution in [0.2, 0.25) is 0 Å². The SMILES string of the molecule is O=C(O)c1cncnc1CNCC1(CO)CCCC1. The highest BCUT2D eigenvalue weighted by molar-refractivity contribution is 5.88. The van der Waals surface area contributed by atoms with Gasteiger partial charge >= 0.3 is 5.97 Å². The zero-order valence-corrected chi connectivity index (χ0v) is 10.8. The van der Waals surface area contributed by atoms with E-state index in [0.29, 0.717) is 18.8 Å². The minimum atomic E-state index is -1.02. The molecule has 3 N–H and O–H groups in total. The molecular weight excluding hydrogens is 246 g/mol. The molecule has 1 heterocycles. The first-order valence-electron chi connectivity index (χ1n) is 6.51. The van der Waals surface area contributed by atoms with E-state index in [1.165, 1.54) is 12.5 Å². The van der Waals surface area contributed by atoms with Crippen LogP contribution in [0.15, 0.2) is 12.5 Å². The molecule has 2 rings (SSSR count). The fourth-order valence-corrected chi connectivity index (χ4v) is 2.64. The van der Waals surface area contributed by atoms with E-state index >= 15 is 0 Å². The quantitative estimate of drug-likeness (QED) is 0.704. The first-order valence-corrected chi connectivity index (χ1v) is 6.51. The van der Waals surface area contributed by atoms with E-state index in [4.69, 9.17) is 5.11 Å². The van der Waals surface area contributed by atoms with Gasteiger partial charge in [0, 0.05) is 31.3 Å². The molecule has 1 aliphatic carbocycles. The topological polar surface area (TPSA) is 95.3 Å². The van der Waals surface area contributed by atoms with Gasteiger partial charge in [-0.05, 0) is 12.8 Å². The molecule has 0 amide bonds. The maximum atomic E-state index is 11.0. The molecule has 1 fully saturated rings. The third-order valence-corrected chi connectivity index (χ3v) is 3.82. The van der Waals surface area contributed by atoms with Crippen molar-refractivity contribution in [2.45, 2.75) is 32.2 Å². The molecule has 104 valence electrons. The van der Waals surface area contributed by atoms with Crippen LogP contribution in [0.25, 0.3) is 0 Å². The standard InChI is InChI=1S/C13H19N3O3/c17-8-13(3-1-2-4-13)7-14-6-11-10(12(18)19)5-15-9-16-11/h5,9,14,17H,1-4,6-8H2,(H,18,19). The number of hydrogen-bond acceptors (Lipinski definition) is 5.